The zero-order valence-electron chi connectivity index (χ0n) is 18.3. The largest absolute Gasteiger partial charge is 0.456 e. The van der Waals surface area contributed by atoms with Crippen molar-refractivity contribution < 1.29 is 13.2 Å². The Morgan fingerprint density at radius 2 is 1.76 bits per heavy atom. The summed E-state index contributed by atoms with van der Waals surface area (Å²) in [5.41, 5.74) is 0.306. The molecule has 0 saturated heterocycles. The van der Waals surface area contributed by atoms with Crippen LogP contribution in [0.15, 0.2) is 53.6 Å². The maximum atomic E-state index is 12.5. The van der Waals surface area contributed by atoms with Crippen LogP contribution in [0.2, 0.25) is 5.02 Å². The molecule has 0 aliphatic rings. The van der Waals surface area contributed by atoms with Crippen molar-refractivity contribution >= 4 is 27.4 Å². The molecule has 0 unspecified atom stereocenters. The number of nitriles is 2. The summed E-state index contributed by atoms with van der Waals surface area (Å²) in [4.78, 5) is -0.111. The fourth-order valence-electron chi connectivity index (χ4n) is 2.55. The lowest BCUT2D eigenvalue weighted by Crippen LogP contribution is -2.13. The maximum Gasteiger partial charge on any atom is 0.263 e. The number of aromatic nitrogens is 2. The quantitative estimate of drug-likeness (QED) is 0.515. The van der Waals surface area contributed by atoms with E-state index in [1.807, 2.05) is 12.1 Å². The molecule has 172 valence electrons. The van der Waals surface area contributed by atoms with E-state index < -0.39 is 10.0 Å². The van der Waals surface area contributed by atoms with E-state index in [-0.39, 0.29) is 32.6 Å². The molecule has 11 heteroatoms. The topological polar surface area (TPSA) is 133 Å². The molecule has 1 aromatic heterocycles. The molecule has 0 spiro atoms. The van der Waals surface area contributed by atoms with E-state index in [9.17, 15) is 13.7 Å². The first-order valence-corrected chi connectivity index (χ1v) is 11.7. The molecule has 0 fully saturated rings. The van der Waals surface area contributed by atoms with Crippen molar-refractivity contribution in [2.75, 3.05) is 17.8 Å². The van der Waals surface area contributed by atoms with Crippen LogP contribution < -0.4 is 14.8 Å². The summed E-state index contributed by atoms with van der Waals surface area (Å²) in [6.07, 6.45) is 1.60. The van der Waals surface area contributed by atoms with E-state index >= 15 is 0 Å². The van der Waals surface area contributed by atoms with E-state index in [0.29, 0.717) is 5.75 Å². The molecule has 1 heterocycles. The Labute approximate surface area is 198 Å². The van der Waals surface area contributed by atoms with Gasteiger partial charge in [-0.25, -0.2) is 8.42 Å². The Hall–Kier alpha value is -3.57. The zero-order chi connectivity index (χ0) is 24.4. The molecule has 33 heavy (non-hydrogen) atoms. The van der Waals surface area contributed by atoms with Gasteiger partial charge in [0, 0.05) is 25.4 Å². The maximum absolute atomic E-state index is 12.5. The number of aryl methyl sites for hydroxylation is 1. The van der Waals surface area contributed by atoms with Crippen LogP contribution in [-0.2, 0) is 17.1 Å². The summed E-state index contributed by atoms with van der Waals surface area (Å²) in [5, 5.41) is 25.6. The minimum absolute atomic E-state index is 0.0179. The Balaban J connectivity index is 0.000000696. The van der Waals surface area contributed by atoms with Gasteiger partial charge < -0.3 is 10.1 Å². The molecule has 9 nitrogen and oxygen atoms in total. The van der Waals surface area contributed by atoms with Crippen molar-refractivity contribution in [2.24, 2.45) is 7.05 Å². The number of benzene rings is 2. The van der Waals surface area contributed by atoms with E-state index in [1.165, 1.54) is 47.1 Å². The molecule has 0 bridgehead atoms. The summed E-state index contributed by atoms with van der Waals surface area (Å²) < 4.78 is 34.4. The van der Waals surface area contributed by atoms with Crippen LogP contribution in [0.5, 0.6) is 11.5 Å². The van der Waals surface area contributed by atoms with Gasteiger partial charge >= 0.3 is 0 Å². The van der Waals surface area contributed by atoms with Crippen molar-refractivity contribution in [1.82, 2.24) is 15.1 Å². The van der Waals surface area contributed by atoms with Crippen molar-refractivity contribution in [3.8, 4) is 23.6 Å². The van der Waals surface area contributed by atoms with Gasteiger partial charge in [0.25, 0.3) is 10.0 Å². The third kappa shape index (κ3) is 7.22. The number of nitrogens with one attached hydrogen (secondary N) is 2. The molecule has 0 aliphatic carbocycles. The lowest BCUT2D eigenvalue weighted by Gasteiger charge is -2.10. The number of anilines is 1. The van der Waals surface area contributed by atoms with Crippen molar-refractivity contribution in [3.05, 3.63) is 64.8 Å². The molecule has 3 aromatic rings. The summed E-state index contributed by atoms with van der Waals surface area (Å²) in [5.74, 6) is 0.622. The van der Waals surface area contributed by atoms with Gasteiger partial charge in [0.1, 0.15) is 23.6 Å². The lowest BCUT2D eigenvalue weighted by molar-refractivity contribution is 0.480. The molecular formula is C22H23ClN6O3S. The Morgan fingerprint density at radius 3 is 2.27 bits per heavy atom. The lowest BCUT2D eigenvalue weighted by atomic mass is 10.2. The predicted molar refractivity (Wildman–Crippen MR) is 126 cm³/mol. The van der Waals surface area contributed by atoms with E-state index in [0.717, 1.165) is 13.1 Å². The highest BCUT2D eigenvalue weighted by molar-refractivity contribution is 7.92. The smallest absolute Gasteiger partial charge is 0.263 e. The number of hydrogen-bond donors (Lipinski definition) is 2. The number of ether oxygens (including phenoxy) is 1. The Bertz CT molecular complexity index is 1290. The van der Waals surface area contributed by atoms with Crippen LogP contribution in [-0.4, -0.2) is 31.3 Å². The third-order valence-electron chi connectivity index (χ3n) is 4.12. The van der Waals surface area contributed by atoms with Crippen molar-refractivity contribution in [3.63, 3.8) is 0 Å². The minimum atomic E-state index is -3.93. The van der Waals surface area contributed by atoms with Crippen LogP contribution in [0, 0.1) is 22.7 Å². The number of nitrogens with zero attached hydrogens (tertiary/aromatic N) is 4. The molecule has 0 saturated carbocycles. The summed E-state index contributed by atoms with van der Waals surface area (Å²) in [6.45, 7) is 6.39. The second kappa shape index (κ2) is 11.9. The zero-order valence-corrected chi connectivity index (χ0v) is 19.9. The molecule has 0 amide bonds. The average molecular weight is 487 g/mol. The SMILES string of the molecule is CCNCC.Cn1ccc(NS(=O)(=O)c2ccc(Oc3ccc(C#N)c(Cl)c3)c(C#N)c2)n1. The highest BCUT2D eigenvalue weighted by Crippen LogP contribution is 2.30. The summed E-state index contributed by atoms with van der Waals surface area (Å²) in [6, 6.07) is 13.7. The molecule has 0 radical (unpaired) electrons. The van der Waals surface area contributed by atoms with Gasteiger partial charge in [0.15, 0.2) is 5.82 Å². The highest BCUT2D eigenvalue weighted by atomic mass is 35.5. The molecule has 2 N–H and O–H groups in total. The fourth-order valence-corrected chi connectivity index (χ4v) is 3.78. The third-order valence-corrected chi connectivity index (χ3v) is 5.79. The summed E-state index contributed by atoms with van der Waals surface area (Å²) in [7, 11) is -2.27. The standard InChI is InChI=1S/C18H12ClN5O3S.C4H11N/c1-24-7-6-18(22-24)23-28(25,26)15-4-5-17(13(8-15)11-21)27-14-3-2-12(10-20)16(19)9-14;1-3-5-4-2/h2-9H,1H3,(H,22,23);5H,3-4H2,1-2H3. The second-order valence-electron chi connectivity index (χ2n) is 6.56. The molecule has 0 aliphatic heterocycles. The Morgan fingerprint density at radius 1 is 1.06 bits per heavy atom. The van der Waals surface area contributed by atoms with Gasteiger partial charge in [-0.3, -0.25) is 9.40 Å². The van der Waals surface area contributed by atoms with Gasteiger partial charge in [0.05, 0.1) is 21.0 Å². The van der Waals surface area contributed by atoms with E-state index in [1.54, 1.807) is 13.2 Å². The van der Waals surface area contributed by atoms with Gasteiger partial charge in [-0.2, -0.15) is 15.6 Å². The van der Waals surface area contributed by atoms with Crippen LogP contribution in [0.4, 0.5) is 5.82 Å². The van der Waals surface area contributed by atoms with Gasteiger partial charge in [-0.15, -0.1) is 0 Å². The first kappa shape index (κ1) is 25.7. The molecule has 3 rings (SSSR count). The Kier molecular flexibility index (Phi) is 9.25. The molecular weight excluding hydrogens is 464 g/mol. The van der Waals surface area contributed by atoms with E-state index in [2.05, 4.69) is 29.0 Å². The van der Waals surface area contributed by atoms with E-state index in [4.69, 9.17) is 21.6 Å². The van der Waals surface area contributed by atoms with Crippen molar-refractivity contribution in [2.45, 2.75) is 18.7 Å². The minimum Gasteiger partial charge on any atom is -0.456 e. The van der Waals surface area contributed by atoms with Crippen LogP contribution in [0.1, 0.15) is 25.0 Å². The first-order valence-electron chi connectivity index (χ1n) is 9.88. The van der Waals surface area contributed by atoms with Crippen molar-refractivity contribution in [1.29, 1.82) is 10.5 Å². The summed E-state index contributed by atoms with van der Waals surface area (Å²) >= 11 is 5.97. The highest BCUT2D eigenvalue weighted by Gasteiger charge is 2.18. The first-order chi connectivity index (χ1) is 15.7. The number of rotatable bonds is 7. The average Bonchev–Trinajstić information content (AvgIpc) is 3.18. The van der Waals surface area contributed by atoms with Gasteiger partial charge in [-0.05, 0) is 43.4 Å². The van der Waals surface area contributed by atoms with Crippen LogP contribution >= 0.6 is 11.6 Å². The monoisotopic (exact) mass is 486 g/mol. The van der Waals surface area contributed by atoms with Gasteiger partial charge in [0.2, 0.25) is 0 Å². The van der Waals surface area contributed by atoms with Gasteiger partial charge in [-0.1, -0.05) is 25.4 Å². The number of sulfonamides is 1. The number of halogens is 1. The van der Waals surface area contributed by atoms with Crippen LogP contribution in [0.25, 0.3) is 0 Å². The van der Waals surface area contributed by atoms with Crippen LogP contribution in [0.3, 0.4) is 0 Å². The molecule has 2 aromatic carbocycles. The predicted octanol–water partition coefficient (Wildman–Crippen LogP) is 4.03. The second-order valence-corrected chi connectivity index (χ2v) is 8.65. The molecule has 0 atom stereocenters. The fraction of sp³-hybridized carbons (Fsp3) is 0.227. The normalized spacial score (nSPS) is 10.4. The number of hydrogen-bond acceptors (Lipinski definition) is 7.